The SMILES string of the molecule is Cl.NC1CC2CCCC(C1)C2NC(=O)CCSc1ccc(Cl)cc1. The van der Waals surface area contributed by atoms with Crippen molar-refractivity contribution in [3.63, 3.8) is 0 Å². The number of carbonyl (C=O) groups excluding carboxylic acids is 1. The Bertz CT molecular complexity index is 526. The number of thioether (sulfide) groups is 1. The first kappa shape index (κ1) is 19.9. The minimum Gasteiger partial charge on any atom is -0.353 e. The molecular weight excluding hydrogens is 363 g/mol. The van der Waals surface area contributed by atoms with Crippen LogP contribution >= 0.6 is 35.8 Å². The van der Waals surface area contributed by atoms with E-state index < -0.39 is 0 Å². The zero-order chi connectivity index (χ0) is 16.2. The number of fused-ring (bicyclic) bond motifs is 2. The molecule has 6 heteroatoms. The van der Waals surface area contributed by atoms with Gasteiger partial charge in [0.1, 0.15) is 0 Å². The molecule has 3 N–H and O–H groups in total. The predicted octanol–water partition coefficient (Wildman–Crippen LogP) is 4.27. The van der Waals surface area contributed by atoms with Crippen LogP contribution in [0.25, 0.3) is 0 Å². The second-order valence-electron chi connectivity index (χ2n) is 6.83. The fraction of sp³-hybridized carbons (Fsp3) is 0.611. The monoisotopic (exact) mass is 388 g/mol. The molecule has 0 saturated heterocycles. The third-order valence-corrected chi connectivity index (χ3v) is 6.38. The first-order valence-electron chi connectivity index (χ1n) is 8.55. The number of amides is 1. The Morgan fingerprint density at radius 1 is 1.21 bits per heavy atom. The van der Waals surface area contributed by atoms with E-state index in [9.17, 15) is 4.79 Å². The van der Waals surface area contributed by atoms with Crippen LogP contribution in [-0.4, -0.2) is 23.7 Å². The Balaban J connectivity index is 0.00000208. The molecule has 0 heterocycles. The van der Waals surface area contributed by atoms with Crippen LogP contribution < -0.4 is 11.1 Å². The summed E-state index contributed by atoms with van der Waals surface area (Å²) in [6.45, 7) is 0. The molecule has 2 bridgehead atoms. The number of carbonyl (C=O) groups is 1. The Morgan fingerprint density at radius 2 is 1.83 bits per heavy atom. The van der Waals surface area contributed by atoms with Gasteiger partial charge in [0.2, 0.25) is 5.91 Å². The summed E-state index contributed by atoms with van der Waals surface area (Å²) in [5, 5.41) is 4.05. The molecule has 2 saturated carbocycles. The average molecular weight is 389 g/mol. The van der Waals surface area contributed by atoms with Gasteiger partial charge in [0.05, 0.1) is 0 Å². The molecule has 2 fully saturated rings. The van der Waals surface area contributed by atoms with Crippen LogP contribution in [0.15, 0.2) is 29.2 Å². The van der Waals surface area contributed by atoms with Crippen LogP contribution in [-0.2, 0) is 4.79 Å². The maximum Gasteiger partial charge on any atom is 0.221 e. The molecule has 2 aliphatic rings. The zero-order valence-corrected chi connectivity index (χ0v) is 16.1. The third kappa shape index (κ3) is 5.29. The summed E-state index contributed by atoms with van der Waals surface area (Å²) in [6.07, 6.45) is 6.43. The summed E-state index contributed by atoms with van der Waals surface area (Å²) < 4.78 is 0. The lowest BCUT2D eigenvalue weighted by atomic mass is 9.67. The number of rotatable bonds is 5. The van der Waals surface area contributed by atoms with Crippen LogP contribution in [0.4, 0.5) is 0 Å². The maximum absolute atomic E-state index is 12.3. The summed E-state index contributed by atoms with van der Waals surface area (Å²) in [7, 11) is 0. The lowest BCUT2D eigenvalue weighted by Gasteiger charge is -2.45. The van der Waals surface area contributed by atoms with Gasteiger partial charge in [0, 0.05) is 34.2 Å². The van der Waals surface area contributed by atoms with Crippen molar-refractivity contribution in [2.45, 2.75) is 55.5 Å². The first-order chi connectivity index (χ1) is 11.1. The standard InChI is InChI=1S/C18H25ClN2OS.ClH/c19-14-4-6-16(7-5-14)23-9-8-17(22)21-18-12-2-1-3-13(18)11-15(20)10-12;/h4-7,12-13,15,18H,1-3,8-11,20H2,(H,21,22);1H. The van der Waals surface area contributed by atoms with Crippen molar-refractivity contribution in [3.8, 4) is 0 Å². The van der Waals surface area contributed by atoms with Crippen molar-refractivity contribution < 1.29 is 4.79 Å². The van der Waals surface area contributed by atoms with Gasteiger partial charge >= 0.3 is 0 Å². The largest absolute Gasteiger partial charge is 0.353 e. The number of nitrogens with two attached hydrogens (primary N) is 1. The molecule has 0 spiro atoms. The van der Waals surface area contributed by atoms with Gasteiger partial charge in [-0.05, 0) is 61.8 Å². The highest BCUT2D eigenvalue weighted by Crippen LogP contribution is 2.39. The van der Waals surface area contributed by atoms with E-state index in [1.807, 2.05) is 24.3 Å². The molecule has 0 aliphatic heterocycles. The Labute approximate surface area is 159 Å². The van der Waals surface area contributed by atoms with Crippen molar-refractivity contribution in [1.29, 1.82) is 0 Å². The number of benzene rings is 1. The summed E-state index contributed by atoms with van der Waals surface area (Å²) in [6, 6.07) is 8.46. The molecule has 2 unspecified atom stereocenters. The van der Waals surface area contributed by atoms with E-state index in [1.165, 1.54) is 19.3 Å². The normalized spacial score (nSPS) is 28.8. The minimum atomic E-state index is 0. The van der Waals surface area contributed by atoms with E-state index in [1.54, 1.807) is 11.8 Å². The molecule has 0 radical (unpaired) electrons. The highest BCUT2D eigenvalue weighted by atomic mass is 35.5. The van der Waals surface area contributed by atoms with Gasteiger partial charge in [-0.25, -0.2) is 0 Å². The van der Waals surface area contributed by atoms with Crippen molar-refractivity contribution in [2.75, 3.05) is 5.75 Å². The molecule has 1 amide bonds. The van der Waals surface area contributed by atoms with Gasteiger partial charge in [-0.1, -0.05) is 18.0 Å². The zero-order valence-electron chi connectivity index (χ0n) is 13.7. The number of nitrogens with one attached hydrogen (secondary N) is 1. The quantitative estimate of drug-likeness (QED) is 0.740. The third-order valence-electron chi connectivity index (χ3n) is 5.12. The molecule has 2 aliphatic carbocycles. The first-order valence-corrected chi connectivity index (χ1v) is 9.91. The number of halogens is 2. The number of hydrogen-bond donors (Lipinski definition) is 2. The highest BCUT2D eigenvalue weighted by Gasteiger charge is 2.39. The van der Waals surface area contributed by atoms with Crippen LogP contribution in [0.5, 0.6) is 0 Å². The van der Waals surface area contributed by atoms with Crippen LogP contribution in [0.2, 0.25) is 5.02 Å². The van der Waals surface area contributed by atoms with Gasteiger partial charge in [0.25, 0.3) is 0 Å². The van der Waals surface area contributed by atoms with E-state index in [0.717, 1.165) is 28.5 Å². The minimum absolute atomic E-state index is 0. The van der Waals surface area contributed by atoms with Crippen molar-refractivity contribution in [2.24, 2.45) is 17.6 Å². The van der Waals surface area contributed by atoms with Gasteiger partial charge in [-0.15, -0.1) is 24.2 Å². The molecule has 3 rings (SSSR count). The van der Waals surface area contributed by atoms with Crippen molar-refractivity contribution >= 4 is 41.7 Å². The lowest BCUT2D eigenvalue weighted by molar-refractivity contribution is -0.123. The topological polar surface area (TPSA) is 55.1 Å². The summed E-state index contributed by atoms with van der Waals surface area (Å²) in [5.41, 5.74) is 6.15. The fourth-order valence-corrected chi connectivity index (χ4v) is 5.05. The lowest BCUT2D eigenvalue weighted by Crippen LogP contribution is -2.53. The van der Waals surface area contributed by atoms with E-state index in [0.29, 0.717) is 30.3 Å². The Morgan fingerprint density at radius 3 is 2.46 bits per heavy atom. The van der Waals surface area contributed by atoms with Crippen molar-refractivity contribution in [3.05, 3.63) is 29.3 Å². The predicted molar refractivity (Wildman–Crippen MR) is 104 cm³/mol. The van der Waals surface area contributed by atoms with Gasteiger partial charge < -0.3 is 11.1 Å². The molecule has 1 aromatic carbocycles. The highest BCUT2D eigenvalue weighted by molar-refractivity contribution is 7.99. The molecule has 0 aromatic heterocycles. The summed E-state index contributed by atoms with van der Waals surface area (Å²) >= 11 is 7.58. The van der Waals surface area contributed by atoms with Gasteiger partial charge in [0.15, 0.2) is 0 Å². The second kappa shape index (κ2) is 9.33. The van der Waals surface area contributed by atoms with E-state index in [-0.39, 0.29) is 18.3 Å². The summed E-state index contributed by atoms with van der Waals surface area (Å²) in [4.78, 5) is 13.4. The molecule has 1 aromatic rings. The molecule has 3 nitrogen and oxygen atoms in total. The fourth-order valence-electron chi connectivity index (χ4n) is 4.08. The molecule has 134 valence electrons. The maximum atomic E-state index is 12.3. The van der Waals surface area contributed by atoms with E-state index in [2.05, 4.69) is 5.32 Å². The van der Waals surface area contributed by atoms with Crippen LogP contribution in [0, 0.1) is 11.8 Å². The Kier molecular flexibility index (Phi) is 7.73. The van der Waals surface area contributed by atoms with Crippen LogP contribution in [0.3, 0.4) is 0 Å². The van der Waals surface area contributed by atoms with E-state index >= 15 is 0 Å². The van der Waals surface area contributed by atoms with E-state index in [4.69, 9.17) is 17.3 Å². The molecule has 2 atom stereocenters. The Hall–Kier alpha value is -0.420. The van der Waals surface area contributed by atoms with Crippen LogP contribution in [0.1, 0.15) is 38.5 Å². The van der Waals surface area contributed by atoms with Gasteiger partial charge in [-0.3, -0.25) is 4.79 Å². The van der Waals surface area contributed by atoms with Gasteiger partial charge in [-0.2, -0.15) is 0 Å². The number of hydrogen-bond acceptors (Lipinski definition) is 3. The smallest absolute Gasteiger partial charge is 0.221 e. The average Bonchev–Trinajstić information content (AvgIpc) is 2.50. The molecular formula is C18H26Cl2N2OS. The molecule has 24 heavy (non-hydrogen) atoms. The van der Waals surface area contributed by atoms with Crippen molar-refractivity contribution in [1.82, 2.24) is 5.32 Å². The summed E-state index contributed by atoms with van der Waals surface area (Å²) in [5.74, 6) is 2.16. The second-order valence-corrected chi connectivity index (χ2v) is 8.43.